The minimum absolute atomic E-state index is 0.470. The summed E-state index contributed by atoms with van der Waals surface area (Å²) < 4.78 is 5.09. The average Bonchev–Trinajstić information content (AvgIpc) is 2.42. The van der Waals surface area contributed by atoms with E-state index in [0.29, 0.717) is 18.1 Å². The van der Waals surface area contributed by atoms with Crippen LogP contribution in [0.2, 0.25) is 5.02 Å². The van der Waals surface area contributed by atoms with Gasteiger partial charge in [0.25, 0.3) is 0 Å². The minimum atomic E-state index is -0.586. The molecule has 1 atom stereocenters. The smallest absolute Gasteiger partial charge is 0.0831 e. The van der Waals surface area contributed by atoms with Crippen LogP contribution in [0.3, 0.4) is 0 Å². The summed E-state index contributed by atoms with van der Waals surface area (Å²) in [7, 11) is 1.65. The Bertz CT molecular complexity index is 545. The Hall–Kier alpha value is -1.42. The van der Waals surface area contributed by atoms with Gasteiger partial charge in [-0.25, -0.2) is 0 Å². The van der Waals surface area contributed by atoms with Gasteiger partial charge in [-0.1, -0.05) is 35.9 Å². The molecule has 1 N–H and O–H groups in total. The van der Waals surface area contributed by atoms with Gasteiger partial charge in [0.05, 0.1) is 17.7 Å². The number of benzene rings is 1. The van der Waals surface area contributed by atoms with E-state index in [1.54, 1.807) is 19.5 Å². The van der Waals surface area contributed by atoms with Crippen molar-refractivity contribution in [2.24, 2.45) is 0 Å². The quantitative estimate of drug-likeness (QED) is 0.913. The van der Waals surface area contributed by atoms with Crippen molar-refractivity contribution in [3.63, 3.8) is 0 Å². The van der Waals surface area contributed by atoms with Crippen molar-refractivity contribution in [3.05, 3.63) is 64.4 Å². The Morgan fingerprint density at radius 1 is 1.37 bits per heavy atom. The van der Waals surface area contributed by atoms with E-state index in [9.17, 15) is 5.11 Å². The van der Waals surface area contributed by atoms with Gasteiger partial charge in [-0.15, -0.1) is 0 Å². The average molecular weight is 278 g/mol. The summed E-state index contributed by atoms with van der Waals surface area (Å²) in [6.45, 7) is 0.538. The van der Waals surface area contributed by atoms with Gasteiger partial charge in [0.15, 0.2) is 0 Å². The molecule has 1 aromatic heterocycles. The Kier molecular flexibility index (Phi) is 4.91. The molecule has 0 spiro atoms. The fraction of sp³-hybridized carbons (Fsp3) is 0.267. The molecule has 0 aliphatic carbocycles. The zero-order valence-corrected chi connectivity index (χ0v) is 11.5. The molecule has 19 heavy (non-hydrogen) atoms. The Morgan fingerprint density at radius 2 is 2.21 bits per heavy atom. The van der Waals surface area contributed by atoms with Crippen LogP contribution < -0.4 is 0 Å². The molecule has 3 nitrogen and oxygen atoms in total. The molecule has 0 radical (unpaired) electrons. The molecule has 2 aromatic rings. The second-order valence-corrected chi connectivity index (χ2v) is 4.77. The van der Waals surface area contributed by atoms with Crippen molar-refractivity contribution < 1.29 is 9.84 Å². The van der Waals surface area contributed by atoms with E-state index in [4.69, 9.17) is 16.3 Å². The molecule has 100 valence electrons. The maximum atomic E-state index is 10.3. The van der Waals surface area contributed by atoms with Crippen molar-refractivity contribution in [1.82, 2.24) is 4.98 Å². The summed E-state index contributed by atoms with van der Waals surface area (Å²) in [5.74, 6) is 0. The van der Waals surface area contributed by atoms with Crippen LogP contribution in [0.1, 0.15) is 22.8 Å². The minimum Gasteiger partial charge on any atom is -0.388 e. The number of hydrogen-bond donors (Lipinski definition) is 1. The summed E-state index contributed by atoms with van der Waals surface area (Å²) in [5.41, 5.74) is 2.80. The molecule has 0 saturated carbocycles. The highest BCUT2D eigenvalue weighted by atomic mass is 35.5. The van der Waals surface area contributed by atoms with Crippen LogP contribution in [0, 0.1) is 0 Å². The van der Waals surface area contributed by atoms with Crippen LogP contribution in [0.4, 0.5) is 0 Å². The molecule has 4 heteroatoms. The normalized spacial score (nSPS) is 12.4. The summed E-state index contributed by atoms with van der Waals surface area (Å²) >= 11 is 6.04. The summed E-state index contributed by atoms with van der Waals surface area (Å²) in [5, 5.41) is 10.8. The first-order valence-corrected chi connectivity index (χ1v) is 6.42. The monoisotopic (exact) mass is 277 g/mol. The number of nitrogens with zero attached hydrogens (tertiary/aromatic N) is 1. The first kappa shape index (κ1) is 14.0. The van der Waals surface area contributed by atoms with Crippen LogP contribution in [0.5, 0.6) is 0 Å². The van der Waals surface area contributed by atoms with Gasteiger partial charge in [0.2, 0.25) is 0 Å². The Labute approximate surface area is 117 Å². The molecule has 1 unspecified atom stereocenters. The predicted molar refractivity (Wildman–Crippen MR) is 75.1 cm³/mol. The van der Waals surface area contributed by atoms with Crippen molar-refractivity contribution in [2.75, 3.05) is 7.11 Å². The van der Waals surface area contributed by atoms with Gasteiger partial charge in [-0.2, -0.15) is 0 Å². The zero-order chi connectivity index (χ0) is 13.7. The molecule has 0 amide bonds. The third kappa shape index (κ3) is 3.77. The number of aliphatic hydroxyl groups is 1. The molecule has 2 rings (SSSR count). The van der Waals surface area contributed by atoms with E-state index in [-0.39, 0.29) is 0 Å². The van der Waals surface area contributed by atoms with Crippen LogP contribution >= 0.6 is 11.6 Å². The van der Waals surface area contributed by atoms with Gasteiger partial charge < -0.3 is 9.84 Å². The zero-order valence-electron chi connectivity index (χ0n) is 10.7. The van der Waals surface area contributed by atoms with Gasteiger partial charge in [-0.05, 0) is 22.8 Å². The lowest BCUT2D eigenvalue weighted by atomic mass is 10.0. The van der Waals surface area contributed by atoms with E-state index in [2.05, 4.69) is 4.98 Å². The molecule has 0 aliphatic heterocycles. The van der Waals surface area contributed by atoms with Crippen LogP contribution in [0.25, 0.3) is 0 Å². The number of rotatable bonds is 5. The standard InChI is InChI=1S/C15H16ClNO2/c1-19-10-11-3-2-4-13(7-11)15(18)8-12-5-6-17-9-14(12)16/h2-7,9,15,18H,8,10H2,1H3. The maximum Gasteiger partial charge on any atom is 0.0831 e. The van der Waals surface area contributed by atoms with Crippen molar-refractivity contribution in [2.45, 2.75) is 19.1 Å². The molecule has 1 aromatic carbocycles. The van der Waals surface area contributed by atoms with E-state index in [1.165, 1.54) is 0 Å². The summed E-state index contributed by atoms with van der Waals surface area (Å²) in [6, 6.07) is 9.56. The lowest BCUT2D eigenvalue weighted by Gasteiger charge is -2.13. The molecular weight excluding hydrogens is 262 g/mol. The molecule has 0 aliphatic rings. The van der Waals surface area contributed by atoms with Crippen molar-refractivity contribution >= 4 is 11.6 Å². The number of pyridine rings is 1. The largest absolute Gasteiger partial charge is 0.388 e. The molecule has 0 fully saturated rings. The predicted octanol–water partition coefficient (Wildman–Crippen LogP) is 3.16. The number of methoxy groups -OCH3 is 1. The van der Waals surface area contributed by atoms with Crippen LogP contribution in [-0.2, 0) is 17.8 Å². The number of hydrogen-bond acceptors (Lipinski definition) is 3. The fourth-order valence-electron chi connectivity index (χ4n) is 1.95. The Morgan fingerprint density at radius 3 is 2.95 bits per heavy atom. The van der Waals surface area contributed by atoms with Crippen molar-refractivity contribution in [3.8, 4) is 0 Å². The summed E-state index contributed by atoms with van der Waals surface area (Å²) in [6.07, 6.45) is 3.15. The van der Waals surface area contributed by atoms with Gasteiger partial charge in [0.1, 0.15) is 0 Å². The lowest BCUT2D eigenvalue weighted by molar-refractivity contribution is 0.175. The second kappa shape index (κ2) is 6.66. The second-order valence-electron chi connectivity index (χ2n) is 4.37. The third-order valence-electron chi connectivity index (χ3n) is 2.92. The highest BCUT2D eigenvalue weighted by Crippen LogP contribution is 2.23. The number of halogens is 1. The highest BCUT2D eigenvalue weighted by molar-refractivity contribution is 6.31. The van der Waals surface area contributed by atoms with E-state index >= 15 is 0 Å². The number of ether oxygens (including phenoxy) is 1. The molecular formula is C15H16ClNO2. The van der Waals surface area contributed by atoms with Gasteiger partial charge in [-0.3, -0.25) is 4.98 Å². The fourth-order valence-corrected chi connectivity index (χ4v) is 2.15. The number of aliphatic hydroxyl groups excluding tert-OH is 1. The first-order chi connectivity index (χ1) is 9.20. The summed E-state index contributed by atoms with van der Waals surface area (Å²) in [4.78, 5) is 3.93. The first-order valence-electron chi connectivity index (χ1n) is 6.05. The highest BCUT2D eigenvalue weighted by Gasteiger charge is 2.11. The Balaban J connectivity index is 2.13. The topological polar surface area (TPSA) is 42.4 Å². The van der Waals surface area contributed by atoms with Crippen LogP contribution in [0.15, 0.2) is 42.7 Å². The lowest BCUT2D eigenvalue weighted by Crippen LogP contribution is -2.03. The van der Waals surface area contributed by atoms with E-state index < -0.39 is 6.10 Å². The van der Waals surface area contributed by atoms with E-state index in [0.717, 1.165) is 16.7 Å². The van der Waals surface area contributed by atoms with Gasteiger partial charge in [0, 0.05) is 25.9 Å². The van der Waals surface area contributed by atoms with Gasteiger partial charge >= 0.3 is 0 Å². The molecule has 0 saturated heterocycles. The molecule has 1 heterocycles. The SMILES string of the molecule is COCc1cccc(C(O)Cc2ccncc2Cl)c1. The number of aromatic nitrogens is 1. The maximum absolute atomic E-state index is 10.3. The van der Waals surface area contributed by atoms with Crippen LogP contribution in [-0.4, -0.2) is 17.2 Å². The third-order valence-corrected chi connectivity index (χ3v) is 3.26. The van der Waals surface area contributed by atoms with Crippen molar-refractivity contribution in [1.29, 1.82) is 0 Å². The van der Waals surface area contributed by atoms with E-state index in [1.807, 2.05) is 30.3 Å². The molecule has 0 bridgehead atoms.